The molecule has 1 aromatic carbocycles. The highest BCUT2D eigenvalue weighted by Gasteiger charge is 2.28. The van der Waals surface area contributed by atoms with Crippen LogP contribution in [0.15, 0.2) is 5.11 Å². The number of carbonyl (C=O) groups excluding carboxylic acids is 2. The molecule has 0 saturated heterocycles. The SMILES string of the molecule is [N-]=[N+]=NCCOCCOCCNC(=O)CCC(=O)Oc1c(F)c(F)c(F)c(F)c1F. The molecule has 1 aromatic rings. The quantitative estimate of drug-likeness (QED) is 0.0581. The number of benzene rings is 1. The van der Waals surface area contributed by atoms with E-state index in [0.717, 1.165) is 0 Å². The van der Waals surface area contributed by atoms with Crippen molar-refractivity contribution in [1.82, 2.24) is 5.32 Å². The lowest BCUT2D eigenvalue weighted by Crippen LogP contribution is -2.28. The van der Waals surface area contributed by atoms with Gasteiger partial charge in [0, 0.05) is 24.4 Å². The van der Waals surface area contributed by atoms with E-state index < -0.39 is 59.6 Å². The van der Waals surface area contributed by atoms with Gasteiger partial charge in [0.1, 0.15) is 0 Å². The fraction of sp³-hybridized carbons (Fsp3) is 0.500. The van der Waals surface area contributed by atoms with Crippen molar-refractivity contribution in [3.63, 3.8) is 0 Å². The van der Waals surface area contributed by atoms with Gasteiger partial charge in [-0.25, -0.2) is 13.2 Å². The number of hydrogen-bond donors (Lipinski definition) is 1. The largest absolute Gasteiger partial charge is 0.420 e. The molecule has 14 heteroatoms. The van der Waals surface area contributed by atoms with Crippen LogP contribution >= 0.6 is 0 Å². The Morgan fingerprint density at radius 3 is 2.03 bits per heavy atom. The summed E-state index contributed by atoms with van der Waals surface area (Å²) in [5, 5.41) is 5.64. The molecule has 0 fully saturated rings. The van der Waals surface area contributed by atoms with E-state index in [1.165, 1.54) is 0 Å². The zero-order valence-corrected chi connectivity index (χ0v) is 15.4. The van der Waals surface area contributed by atoms with Gasteiger partial charge in [0.15, 0.2) is 0 Å². The van der Waals surface area contributed by atoms with Gasteiger partial charge < -0.3 is 19.5 Å². The zero-order chi connectivity index (χ0) is 22.5. The normalized spacial score (nSPS) is 10.4. The second kappa shape index (κ2) is 13.3. The molecule has 0 heterocycles. The Morgan fingerprint density at radius 2 is 1.43 bits per heavy atom. The Balaban J connectivity index is 2.25. The summed E-state index contributed by atoms with van der Waals surface area (Å²) in [7, 11) is 0. The topological polar surface area (TPSA) is 123 Å². The van der Waals surface area contributed by atoms with Gasteiger partial charge in [0.2, 0.25) is 40.7 Å². The molecule has 0 radical (unpaired) electrons. The third kappa shape index (κ3) is 8.19. The van der Waals surface area contributed by atoms with Gasteiger partial charge in [-0.15, -0.1) is 0 Å². The van der Waals surface area contributed by atoms with Gasteiger partial charge in [-0.05, 0) is 5.53 Å². The number of hydrogen-bond acceptors (Lipinski definition) is 6. The number of azide groups is 1. The third-order valence-electron chi connectivity index (χ3n) is 3.28. The molecule has 0 aliphatic heterocycles. The summed E-state index contributed by atoms with van der Waals surface area (Å²) in [5.41, 5.74) is 8.04. The maximum atomic E-state index is 13.4. The molecule has 30 heavy (non-hydrogen) atoms. The van der Waals surface area contributed by atoms with Crippen LogP contribution in [0.5, 0.6) is 5.75 Å². The summed E-state index contributed by atoms with van der Waals surface area (Å²) in [6, 6.07) is 0. The van der Waals surface area contributed by atoms with E-state index in [1.54, 1.807) is 0 Å². The summed E-state index contributed by atoms with van der Waals surface area (Å²) in [6.07, 6.45) is -1.11. The molecule has 0 atom stereocenters. The molecule has 0 spiro atoms. The lowest BCUT2D eigenvalue weighted by molar-refractivity contribution is -0.136. The Bertz CT molecular complexity index is 776. The maximum Gasteiger partial charge on any atom is 0.311 e. The molecule has 0 aromatic heterocycles. The van der Waals surface area contributed by atoms with Crippen LogP contribution < -0.4 is 10.1 Å². The predicted molar refractivity (Wildman–Crippen MR) is 89.8 cm³/mol. The van der Waals surface area contributed by atoms with E-state index >= 15 is 0 Å². The number of nitrogens with one attached hydrogen (secondary N) is 1. The van der Waals surface area contributed by atoms with Crippen LogP contribution in [-0.2, 0) is 19.1 Å². The fourth-order valence-electron chi connectivity index (χ4n) is 1.88. The van der Waals surface area contributed by atoms with Crippen molar-refractivity contribution in [2.75, 3.05) is 39.5 Å². The van der Waals surface area contributed by atoms with Crippen molar-refractivity contribution in [3.8, 4) is 5.75 Å². The van der Waals surface area contributed by atoms with Crippen molar-refractivity contribution in [3.05, 3.63) is 39.5 Å². The Labute approximate surface area is 166 Å². The van der Waals surface area contributed by atoms with Gasteiger partial charge in [0.25, 0.3) is 0 Å². The Morgan fingerprint density at radius 1 is 0.867 bits per heavy atom. The van der Waals surface area contributed by atoms with Crippen LogP contribution in [-0.4, -0.2) is 51.4 Å². The van der Waals surface area contributed by atoms with Crippen molar-refractivity contribution in [1.29, 1.82) is 0 Å². The van der Waals surface area contributed by atoms with Gasteiger partial charge in [-0.2, -0.15) is 8.78 Å². The monoisotopic (exact) mass is 440 g/mol. The molecule has 0 aliphatic carbocycles. The number of esters is 1. The minimum atomic E-state index is -2.38. The minimum absolute atomic E-state index is 0.0875. The fourth-order valence-corrected chi connectivity index (χ4v) is 1.88. The van der Waals surface area contributed by atoms with Gasteiger partial charge in [-0.3, -0.25) is 9.59 Å². The summed E-state index contributed by atoms with van der Waals surface area (Å²) in [6.45, 7) is 1.12. The van der Waals surface area contributed by atoms with Crippen molar-refractivity contribution >= 4 is 11.9 Å². The molecule has 0 saturated carbocycles. The van der Waals surface area contributed by atoms with Crippen LogP contribution in [0.25, 0.3) is 10.4 Å². The zero-order valence-electron chi connectivity index (χ0n) is 15.4. The van der Waals surface area contributed by atoms with Crippen LogP contribution in [0.1, 0.15) is 12.8 Å². The molecule has 0 unspecified atom stereocenters. The molecule has 0 aliphatic rings. The third-order valence-corrected chi connectivity index (χ3v) is 3.28. The van der Waals surface area contributed by atoms with E-state index in [9.17, 15) is 31.5 Å². The average Bonchev–Trinajstić information content (AvgIpc) is 2.73. The number of halogens is 5. The van der Waals surface area contributed by atoms with Crippen LogP contribution in [0, 0.1) is 29.1 Å². The first kappa shape index (κ1) is 25.1. The summed E-state index contributed by atoms with van der Waals surface area (Å²) < 4.78 is 80.2. The minimum Gasteiger partial charge on any atom is -0.420 e. The van der Waals surface area contributed by atoms with Gasteiger partial charge in [-0.1, -0.05) is 5.11 Å². The number of amides is 1. The van der Waals surface area contributed by atoms with Crippen molar-refractivity contribution in [2.24, 2.45) is 5.11 Å². The van der Waals surface area contributed by atoms with Crippen LogP contribution in [0.2, 0.25) is 0 Å². The first-order valence-electron chi connectivity index (χ1n) is 8.44. The Kier molecular flexibility index (Phi) is 11.1. The number of rotatable bonds is 13. The number of ether oxygens (including phenoxy) is 3. The van der Waals surface area contributed by atoms with E-state index in [1.807, 2.05) is 0 Å². The summed E-state index contributed by atoms with van der Waals surface area (Å²) in [4.78, 5) is 25.6. The molecule has 1 rings (SSSR count). The molecule has 1 amide bonds. The highest BCUT2D eigenvalue weighted by atomic mass is 19.2. The van der Waals surface area contributed by atoms with Crippen molar-refractivity contribution in [2.45, 2.75) is 12.8 Å². The highest BCUT2D eigenvalue weighted by molar-refractivity contribution is 5.82. The number of nitrogens with zero attached hydrogens (tertiary/aromatic N) is 3. The van der Waals surface area contributed by atoms with E-state index in [-0.39, 0.29) is 39.5 Å². The Hall–Kier alpha value is -2.96. The maximum absolute atomic E-state index is 13.4. The predicted octanol–water partition coefficient (Wildman–Crippen LogP) is 2.53. The second-order valence-electron chi connectivity index (χ2n) is 5.40. The van der Waals surface area contributed by atoms with Crippen molar-refractivity contribution < 1.29 is 45.8 Å². The average molecular weight is 440 g/mol. The first-order valence-corrected chi connectivity index (χ1v) is 8.44. The first-order chi connectivity index (χ1) is 14.3. The molecular weight excluding hydrogens is 423 g/mol. The van der Waals surface area contributed by atoms with E-state index in [0.29, 0.717) is 0 Å². The number of carbonyl (C=O) groups is 2. The van der Waals surface area contributed by atoms with E-state index in [2.05, 4.69) is 20.1 Å². The van der Waals surface area contributed by atoms with Crippen LogP contribution in [0.3, 0.4) is 0 Å². The smallest absolute Gasteiger partial charge is 0.311 e. The molecule has 9 nitrogen and oxygen atoms in total. The highest BCUT2D eigenvalue weighted by Crippen LogP contribution is 2.29. The van der Waals surface area contributed by atoms with E-state index in [4.69, 9.17) is 15.0 Å². The van der Waals surface area contributed by atoms with Gasteiger partial charge in [0.05, 0.1) is 32.8 Å². The summed E-state index contributed by atoms with van der Waals surface area (Å²) >= 11 is 0. The second-order valence-corrected chi connectivity index (χ2v) is 5.40. The molecule has 1 N–H and O–H groups in total. The summed E-state index contributed by atoms with van der Waals surface area (Å²) in [5.74, 6) is -15.2. The standard InChI is InChI=1S/C16H17F5N4O5/c17-11-12(18)14(20)16(15(21)13(11)19)30-10(27)2-1-9(26)23-3-5-28-7-8-29-6-4-24-25-22/h1-8H2,(H,23,26). The molecular formula is C16H17F5N4O5. The van der Waals surface area contributed by atoms with Gasteiger partial charge >= 0.3 is 5.97 Å². The lowest BCUT2D eigenvalue weighted by atomic mass is 10.2. The molecule has 166 valence electrons. The molecule has 0 bridgehead atoms. The van der Waals surface area contributed by atoms with Crippen LogP contribution in [0.4, 0.5) is 22.0 Å². The lowest BCUT2D eigenvalue weighted by Gasteiger charge is -2.09.